The number of aryl methyl sites for hydroxylation is 1. The molecule has 3 heterocycles. The van der Waals surface area contributed by atoms with E-state index in [1.54, 1.807) is 65.5 Å². The van der Waals surface area contributed by atoms with Crippen molar-refractivity contribution in [2.75, 3.05) is 10.6 Å². The molecule has 13 heteroatoms. The van der Waals surface area contributed by atoms with Crippen LogP contribution in [0.15, 0.2) is 66.9 Å². The molecule has 5 aromatic rings. The Morgan fingerprint density at radius 3 is 2.45 bits per heavy atom. The minimum absolute atomic E-state index is 0.0733. The highest BCUT2D eigenvalue weighted by Crippen LogP contribution is 2.28. The van der Waals surface area contributed by atoms with Crippen molar-refractivity contribution in [3.05, 3.63) is 99.3 Å². The Hall–Kier alpha value is -4.61. The topological polar surface area (TPSA) is 143 Å². The third kappa shape index (κ3) is 5.69. The number of hydrogen-bond acceptors (Lipinski definition) is 7. The van der Waals surface area contributed by atoms with Crippen LogP contribution in [0.25, 0.3) is 11.3 Å². The predicted molar refractivity (Wildman–Crippen MR) is 142 cm³/mol. The van der Waals surface area contributed by atoms with Gasteiger partial charge in [-0.3, -0.25) is 19.6 Å². The summed E-state index contributed by atoms with van der Waals surface area (Å²) in [6.07, 6.45) is 1.67. The Balaban J connectivity index is 1.42. The number of aromatic nitrogens is 7. The molecule has 0 saturated carbocycles. The molecular weight excluding hydrogens is 529 g/mol. The summed E-state index contributed by atoms with van der Waals surface area (Å²) in [5.41, 5.74) is 3.75. The molecule has 0 atom stereocenters. The first-order valence-corrected chi connectivity index (χ1v) is 12.0. The number of carbonyl (C=O) groups excluding carboxylic acids is 2. The van der Waals surface area contributed by atoms with E-state index in [9.17, 15) is 9.59 Å². The van der Waals surface area contributed by atoms with Gasteiger partial charge in [0.15, 0.2) is 0 Å². The Morgan fingerprint density at radius 1 is 0.947 bits per heavy atom. The van der Waals surface area contributed by atoms with Gasteiger partial charge < -0.3 is 5.32 Å². The Bertz CT molecular complexity index is 1600. The second-order valence-electron chi connectivity index (χ2n) is 8.26. The van der Waals surface area contributed by atoms with Crippen LogP contribution in [0.3, 0.4) is 0 Å². The van der Waals surface area contributed by atoms with E-state index in [2.05, 4.69) is 41.3 Å². The molecule has 5 rings (SSSR count). The molecule has 3 N–H and O–H groups in total. The van der Waals surface area contributed by atoms with Crippen molar-refractivity contribution in [3.63, 3.8) is 0 Å². The summed E-state index contributed by atoms with van der Waals surface area (Å²) < 4.78 is 1.58. The fourth-order valence-electron chi connectivity index (χ4n) is 3.56. The summed E-state index contributed by atoms with van der Waals surface area (Å²) >= 11 is 12.3. The average Bonchev–Trinajstić information content (AvgIpc) is 3.58. The van der Waals surface area contributed by atoms with Crippen LogP contribution in [0, 0.1) is 6.92 Å². The molecule has 3 aromatic heterocycles. The van der Waals surface area contributed by atoms with Gasteiger partial charge in [-0.25, -0.2) is 4.98 Å². The number of nitrogens with zero attached hydrogens (tertiary/aromatic N) is 6. The van der Waals surface area contributed by atoms with Gasteiger partial charge >= 0.3 is 0 Å². The van der Waals surface area contributed by atoms with Crippen molar-refractivity contribution in [2.45, 2.75) is 13.5 Å². The third-order valence-corrected chi connectivity index (χ3v) is 6.24. The summed E-state index contributed by atoms with van der Waals surface area (Å²) in [6, 6.07) is 17.3. The van der Waals surface area contributed by atoms with Crippen molar-refractivity contribution in [1.29, 1.82) is 0 Å². The molecular formula is C25H19Cl2N9O2. The second kappa shape index (κ2) is 10.8. The van der Waals surface area contributed by atoms with Gasteiger partial charge in [0.2, 0.25) is 0 Å². The van der Waals surface area contributed by atoms with Crippen molar-refractivity contribution in [3.8, 4) is 11.3 Å². The molecule has 0 aliphatic heterocycles. The molecule has 0 aliphatic rings. The van der Waals surface area contributed by atoms with Crippen molar-refractivity contribution in [2.24, 2.45) is 0 Å². The maximum absolute atomic E-state index is 13.2. The predicted octanol–water partition coefficient (Wildman–Crippen LogP) is 4.63. The van der Waals surface area contributed by atoms with E-state index >= 15 is 0 Å². The third-order valence-electron chi connectivity index (χ3n) is 5.50. The highest BCUT2D eigenvalue weighted by molar-refractivity contribution is 6.42. The van der Waals surface area contributed by atoms with Crippen LogP contribution >= 0.6 is 23.2 Å². The molecule has 0 spiro atoms. The van der Waals surface area contributed by atoms with E-state index < -0.39 is 0 Å². The van der Waals surface area contributed by atoms with Crippen molar-refractivity contribution < 1.29 is 9.59 Å². The van der Waals surface area contributed by atoms with Crippen LogP contribution in [-0.4, -0.2) is 47.2 Å². The van der Waals surface area contributed by atoms with Gasteiger partial charge in [-0.2, -0.15) is 10.3 Å². The zero-order valence-electron chi connectivity index (χ0n) is 19.8. The van der Waals surface area contributed by atoms with E-state index in [0.717, 1.165) is 11.1 Å². The highest BCUT2D eigenvalue weighted by Gasteiger charge is 2.18. The Labute approximate surface area is 226 Å². The SMILES string of the molecule is Cc1ccc(NC(=O)c2cc(-c3ccc(Cl)c(Cl)c3)nn2Cc2ccc(C(=O)Nc3nn[nH]n3)cc2)nc1. The second-order valence-corrected chi connectivity index (χ2v) is 9.08. The van der Waals surface area contributed by atoms with Crippen LogP contribution in [-0.2, 0) is 6.54 Å². The monoisotopic (exact) mass is 547 g/mol. The summed E-state index contributed by atoms with van der Waals surface area (Å²) in [5, 5.41) is 23.9. The van der Waals surface area contributed by atoms with E-state index in [1.807, 2.05) is 13.0 Å². The summed E-state index contributed by atoms with van der Waals surface area (Å²) in [6.45, 7) is 2.18. The normalized spacial score (nSPS) is 10.8. The standard InChI is InChI=1S/C25H19Cl2N9O2/c1-14-2-9-22(28-12-14)29-24(38)21-11-20(17-7-8-18(26)19(27)10-17)33-36(21)13-15-3-5-16(6-4-15)23(37)30-25-31-34-35-32-25/h2-12H,13H2,1H3,(H,28,29,38)(H2,30,31,32,34,35,37). The number of carbonyl (C=O) groups is 2. The number of tetrazole rings is 1. The number of hydrogen-bond donors (Lipinski definition) is 3. The number of halogens is 2. The molecule has 190 valence electrons. The van der Waals surface area contributed by atoms with Crippen molar-refractivity contribution >= 4 is 46.8 Å². The molecule has 0 aliphatic carbocycles. The first kappa shape index (κ1) is 25.1. The van der Waals surface area contributed by atoms with Crippen LogP contribution in [0.4, 0.5) is 11.8 Å². The minimum Gasteiger partial charge on any atom is -0.305 e. The van der Waals surface area contributed by atoms with E-state index in [4.69, 9.17) is 23.2 Å². The number of aromatic amines is 1. The number of H-pyrrole nitrogens is 1. The fraction of sp³-hybridized carbons (Fsp3) is 0.0800. The highest BCUT2D eigenvalue weighted by atomic mass is 35.5. The number of pyridine rings is 1. The summed E-state index contributed by atoms with van der Waals surface area (Å²) in [7, 11) is 0. The summed E-state index contributed by atoms with van der Waals surface area (Å²) in [4.78, 5) is 29.9. The van der Waals surface area contributed by atoms with E-state index in [-0.39, 0.29) is 24.3 Å². The largest absolute Gasteiger partial charge is 0.305 e. The fourth-order valence-corrected chi connectivity index (χ4v) is 3.86. The molecule has 0 unspecified atom stereocenters. The number of nitrogens with one attached hydrogen (secondary N) is 3. The molecule has 0 fully saturated rings. The first-order valence-electron chi connectivity index (χ1n) is 11.3. The smallest absolute Gasteiger partial charge is 0.275 e. The van der Waals surface area contributed by atoms with Crippen LogP contribution in [0.5, 0.6) is 0 Å². The Morgan fingerprint density at radius 2 is 1.76 bits per heavy atom. The van der Waals surface area contributed by atoms with Gasteiger partial charge in [0.25, 0.3) is 17.8 Å². The molecule has 0 saturated heterocycles. The molecule has 2 amide bonds. The molecule has 2 aromatic carbocycles. The number of anilines is 2. The zero-order valence-corrected chi connectivity index (χ0v) is 21.3. The van der Waals surface area contributed by atoms with Gasteiger partial charge in [0.1, 0.15) is 11.5 Å². The Kier molecular flexibility index (Phi) is 7.11. The number of rotatable bonds is 7. The van der Waals surface area contributed by atoms with Gasteiger partial charge in [-0.15, -0.1) is 5.10 Å². The van der Waals surface area contributed by atoms with Crippen LogP contribution < -0.4 is 10.6 Å². The first-order chi connectivity index (χ1) is 18.4. The lowest BCUT2D eigenvalue weighted by molar-refractivity contribution is 0.101. The maximum atomic E-state index is 13.2. The average molecular weight is 548 g/mol. The van der Waals surface area contributed by atoms with Gasteiger partial charge in [0.05, 0.1) is 22.3 Å². The molecule has 0 radical (unpaired) electrons. The summed E-state index contributed by atoms with van der Waals surface area (Å²) in [5.74, 6) is -0.272. The van der Waals surface area contributed by atoms with Crippen LogP contribution in [0.2, 0.25) is 10.0 Å². The lowest BCUT2D eigenvalue weighted by Gasteiger charge is -2.09. The lowest BCUT2D eigenvalue weighted by atomic mass is 10.1. The molecule has 38 heavy (non-hydrogen) atoms. The minimum atomic E-state index is -0.385. The van der Waals surface area contributed by atoms with E-state index in [1.165, 1.54) is 0 Å². The van der Waals surface area contributed by atoms with E-state index in [0.29, 0.717) is 38.4 Å². The zero-order chi connectivity index (χ0) is 26.6. The van der Waals surface area contributed by atoms with Gasteiger partial charge in [0, 0.05) is 17.3 Å². The van der Waals surface area contributed by atoms with Crippen molar-refractivity contribution in [1.82, 2.24) is 35.4 Å². The molecule has 11 nitrogen and oxygen atoms in total. The number of amides is 2. The van der Waals surface area contributed by atoms with Crippen LogP contribution in [0.1, 0.15) is 32.0 Å². The van der Waals surface area contributed by atoms with Gasteiger partial charge in [-0.1, -0.05) is 52.6 Å². The maximum Gasteiger partial charge on any atom is 0.275 e. The quantitative estimate of drug-likeness (QED) is 0.269. The number of benzene rings is 2. The van der Waals surface area contributed by atoms with Gasteiger partial charge in [-0.05, 0) is 59.7 Å². The molecule has 0 bridgehead atoms. The lowest BCUT2D eigenvalue weighted by Crippen LogP contribution is -2.19.